The predicted molar refractivity (Wildman–Crippen MR) is 77.6 cm³/mol. The summed E-state index contributed by atoms with van der Waals surface area (Å²) in [6.45, 7) is 2.03. The van der Waals surface area contributed by atoms with Crippen molar-refractivity contribution < 1.29 is 12.9 Å². The Kier molecular flexibility index (Phi) is 4.75. The molecule has 0 aliphatic carbocycles. The third kappa shape index (κ3) is 4.16. The summed E-state index contributed by atoms with van der Waals surface area (Å²) in [5.74, 6) is 5.94. The normalized spacial score (nSPS) is 11.0. The molecule has 6 nitrogen and oxygen atoms in total. The van der Waals surface area contributed by atoms with Gasteiger partial charge in [-0.05, 0) is 25.1 Å². The van der Waals surface area contributed by atoms with Gasteiger partial charge in [0.25, 0.3) is 0 Å². The Balaban J connectivity index is 2.15. The minimum Gasteiger partial charge on any atom is -0.360 e. The summed E-state index contributed by atoms with van der Waals surface area (Å²) in [5.41, 5.74) is 6.59. The van der Waals surface area contributed by atoms with Gasteiger partial charge in [-0.2, -0.15) is 0 Å². The highest BCUT2D eigenvalue weighted by atomic mass is 32.2. The van der Waals surface area contributed by atoms with Crippen molar-refractivity contribution in [1.82, 2.24) is 9.88 Å². The lowest BCUT2D eigenvalue weighted by Gasteiger charge is -2.05. The van der Waals surface area contributed by atoms with E-state index in [2.05, 4.69) is 21.7 Å². The number of nitrogens with zero attached hydrogens (tertiary/aromatic N) is 1. The summed E-state index contributed by atoms with van der Waals surface area (Å²) in [4.78, 5) is 0.141. The van der Waals surface area contributed by atoms with E-state index in [0.29, 0.717) is 17.0 Å². The van der Waals surface area contributed by atoms with Gasteiger partial charge in [0.2, 0.25) is 10.0 Å². The first-order chi connectivity index (χ1) is 10.0. The zero-order chi connectivity index (χ0) is 15.3. The summed E-state index contributed by atoms with van der Waals surface area (Å²) in [6, 6.07) is 8.03. The van der Waals surface area contributed by atoms with Crippen LogP contribution in [0.4, 0.5) is 0 Å². The molecule has 0 aliphatic heterocycles. The van der Waals surface area contributed by atoms with Crippen LogP contribution in [0, 0.1) is 18.8 Å². The fourth-order valence-corrected chi connectivity index (χ4v) is 2.68. The molecule has 2 rings (SSSR count). The Morgan fingerprint density at radius 3 is 2.86 bits per heavy atom. The van der Waals surface area contributed by atoms with Gasteiger partial charge in [-0.3, -0.25) is 0 Å². The average Bonchev–Trinajstić information content (AvgIpc) is 2.89. The van der Waals surface area contributed by atoms with Crippen molar-refractivity contribution in [2.45, 2.75) is 18.4 Å². The smallest absolute Gasteiger partial charge is 0.241 e. The fraction of sp³-hybridized carbons (Fsp3) is 0.214. The van der Waals surface area contributed by atoms with E-state index in [1.54, 1.807) is 25.1 Å². The van der Waals surface area contributed by atoms with E-state index in [0.717, 1.165) is 0 Å². The van der Waals surface area contributed by atoms with Gasteiger partial charge in [-0.25, -0.2) is 13.1 Å². The fourth-order valence-electron chi connectivity index (χ4n) is 1.64. The number of aryl methyl sites for hydroxylation is 1. The minimum atomic E-state index is -3.63. The molecule has 7 heteroatoms. The number of hydrogen-bond donors (Lipinski definition) is 2. The quantitative estimate of drug-likeness (QED) is 0.813. The second kappa shape index (κ2) is 6.54. The lowest BCUT2D eigenvalue weighted by atomic mass is 10.2. The van der Waals surface area contributed by atoms with Crippen LogP contribution in [-0.4, -0.2) is 20.1 Å². The minimum absolute atomic E-state index is 0.0435. The van der Waals surface area contributed by atoms with Crippen molar-refractivity contribution in [3.05, 3.63) is 47.3 Å². The lowest BCUT2D eigenvalue weighted by Crippen LogP contribution is -2.23. The highest BCUT2D eigenvalue weighted by Gasteiger charge is 2.15. The van der Waals surface area contributed by atoms with Crippen LogP contribution in [-0.2, 0) is 16.6 Å². The zero-order valence-electron chi connectivity index (χ0n) is 11.5. The molecule has 1 aromatic heterocycles. The van der Waals surface area contributed by atoms with Crippen LogP contribution in [0.25, 0.3) is 0 Å². The molecule has 0 radical (unpaired) electrons. The molecule has 21 heavy (non-hydrogen) atoms. The van der Waals surface area contributed by atoms with Crippen molar-refractivity contribution >= 4 is 10.0 Å². The molecule has 1 heterocycles. The predicted octanol–water partition coefficient (Wildman–Crippen LogP) is 0.772. The molecule has 0 saturated heterocycles. The Morgan fingerprint density at radius 2 is 2.19 bits per heavy atom. The van der Waals surface area contributed by atoms with E-state index in [1.807, 2.05) is 0 Å². The number of nitrogens with one attached hydrogen (secondary N) is 1. The van der Waals surface area contributed by atoms with E-state index in [-0.39, 0.29) is 18.0 Å². The maximum Gasteiger partial charge on any atom is 0.241 e. The third-order valence-corrected chi connectivity index (χ3v) is 3.99. The number of sulfonamides is 1. The third-order valence-electron chi connectivity index (χ3n) is 2.59. The summed E-state index contributed by atoms with van der Waals surface area (Å²) < 4.78 is 31.8. The summed E-state index contributed by atoms with van der Waals surface area (Å²) in [7, 11) is -3.63. The number of nitrogens with two attached hydrogens (primary N) is 1. The van der Waals surface area contributed by atoms with Gasteiger partial charge < -0.3 is 10.3 Å². The Hall–Kier alpha value is -2.14. The van der Waals surface area contributed by atoms with Crippen LogP contribution in [0.5, 0.6) is 0 Å². The highest BCUT2D eigenvalue weighted by Crippen LogP contribution is 2.12. The molecule has 1 aromatic carbocycles. The molecule has 0 fully saturated rings. The monoisotopic (exact) mass is 305 g/mol. The molecular formula is C14H15N3O3S. The first-order valence-electron chi connectivity index (χ1n) is 6.22. The van der Waals surface area contributed by atoms with E-state index in [9.17, 15) is 8.42 Å². The van der Waals surface area contributed by atoms with Crippen LogP contribution in [0.15, 0.2) is 39.8 Å². The van der Waals surface area contributed by atoms with Crippen molar-refractivity contribution in [3.8, 4) is 11.8 Å². The largest absolute Gasteiger partial charge is 0.360 e. The average molecular weight is 305 g/mol. The maximum absolute atomic E-state index is 12.2. The van der Waals surface area contributed by atoms with Crippen molar-refractivity contribution in [3.63, 3.8) is 0 Å². The van der Waals surface area contributed by atoms with Gasteiger partial charge in [-0.1, -0.05) is 23.1 Å². The number of aromatic nitrogens is 1. The molecule has 0 spiro atoms. The molecule has 0 saturated carbocycles. The van der Waals surface area contributed by atoms with Crippen LogP contribution in [0.1, 0.15) is 17.0 Å². The van der Waals surface area contributed by atoms with Gasteiger partial charge in [0.15, 0.2) is 5.76 Å². The molecule has 0 aliphatic rings. The highest BCUT2D eigenvalue weighted by molar-refractivity contribution is 7.89. The maximum atomic E-state index is 12.2. The van der Waals surface area contributed by atoms with Crippen molar-refractivity contribution in [1.29, 1.82) is 0 Å². The SMILES string of the molecule is Cc1cc(CNS(=O)(=O)c2cccc(C#CCN)c2)on1. The molecule has 110 valence electrons. The Bertz CT molecular complexity index is 785. The summed E-state index contributed by atoms with van der Waals surface area (Å²) >= 11 is 0. The Labute approximate surface area is 123 Å². The van der Waals surface area contributed by atoms with Gasteiger partial charge >= 0.3 is 0 Å². The second-order valence-corrected chi connectivity index (χ2v) is 6.06. The van der Waals surface area contributed by atoms with Crippen LogP contribution in [0.3, 0.4) is 0 Å². The molecule has 0 unspecified atom stereocenters. The van der Waals surface area contributed by atoms with Gasteiger partial charge in [-0.15, -0.1) is 0 Å². The van der Waals surface area contributed by atoms with Gasteiger partial charge in [0.05, 0.1) is 23.7 Å². The van der Waals surface area contributed by atoms with Gasteiger partial charge in [0, 0.05) is 11.6 Å². The summed E-state index contributed by atoms with van der Waals surface area (Å²) in [6.07, 6.45) is 0. The van der Waals surface area contributed by atoms with Crippen LogP contribution in [0.2, 0.25) is 0 Å². The molecule has 2 aromatic rings. The van der Waals surface area contributed by atoms with Gasteiger partial charge in [0.1, 0.15) is 0 Å². The first-order valence-corrected chi connectivity index (χ1v) is 7.70. The van der Waals surface area contributed by atoms with Crippen LogP contribution < -0.4 is 10.5 Å². The standard InChI is InChI=1S/C14H15N3O3S/c1-11-8-13(20-17-11)10-16-21(18,19)14-6-2-4-12(9-14)5-3-7-15/h2,4,6,8-9,16H,7,10,15H2,1H3. The van der Waals surface area contributed by atoms with Crippen LogP contribution >= 0.6 is 0 Å². The molecule has 3 N–H and O–H groups in total. The molecule has 0 amide bonds. The van der Waals surface area contributed by atoms with E-state index in [4.69, 9.17) is 10.3 Å². The molecule has 0 bridgehead atoms. The molecule has 0 atom stereocenters. The lowest BCUT2D eigenvalue weighted by molar-refractivity contribution is 0.377. The van der Waals surface area contributed by atoms with E-state index in [1.165, 1.54) is 12.1 Å². The number of benzene rings is 1. The Morgan fingerprint density at radius 1 is 1.38 bits per heavy atom. The zero-order valence-corrected chi connectivity index (χ0v) is 12.3. The summed E-state index contributed by atoms with van der Waals surface area (Å²) in [5, 5.41) is 3.70. The van der Waals surface area contributed by atoms with Crippen molar-refractivity contribution in [2.75, 3.05) is 6.54 Å². The van der Waals surface area contributed by atoms with E-state index >= 15 is 0 Å². The topological polar surface area (TPSA) is 98.2 Å². The van der Waals surface area contributed by atoms with E-state index < -0.39 is 10.0 Å². The molecular weight excluding hydrogens is 290 g/mol. The first kappa shape index (κ1) is 15.3. The second-order valence-electron chi connectivity index (χ2n) is 4.29. The number of hydrogen-bond acceptors (Lipinski definition) is 5. The van der Waals surface area contributed by atoms with Crippen molar-refractivity contribution in [2.24, 2.45) is 5.73 Å². The number of rotatable bonds is 4.